The van der Waals surface area contributed by atoms with E-state index in [9.17, 15) is 9.90 Å². The quantitative estimate of drug-likeness (QED) is 0.564. The van der Waals surface area contributed by atoms with Crippen LogP contribution in [0.1, 0.15) is 38.3 Å². The second kappa shape index (κ2) is 8.49. The van der Waals surface area contributed by atoms with Crippen molar-refractivity contribution in [3.8, 4) is 5.75 Å². The van der Waals surface area contributed by atoms with Gasteiger partial charge in [-0.3, -0.25) is 4.79 Å². The highest BCUT2D eigenvalue weighted by molar-refractivity contribution is 5.77. The van der Waals surface area contributed by atoms with Crippen molar-refractivity contribution in [2.45, 2.75) is 39.2 Å². The van der Waals surface area contributed by atoms with Crippen LogP contribution in [-0.2, 0) is 16.8 Å². The number of rotatable bonds is 8. The highest BCUT2D eigenvalue weighted by Crippen LogP contribution is 2.28. The minimum atomic E-state index is -0.139. The van der Waals surface area contributed by atoms with Crippen LogP contribution in [0, 0.1) is 0 Å². The molecule has 24 heavy (non-hydrogen) atoms. The second-order valence-corrected chi connectivity index (χ2v) is 8.24. The summed E-state index contributed by atoms with van der Waals surface area (Å²) in [7, 11) is 6.38. The standard InChI is InChI=1S/C19H32N2O3/c1-19(2,3)16-8-9-17(15(12-16)13-22)24-14-18(23)20-10-7-11-21(4,5)6/h8-9,12,22H,7,10-11,13-14H2,1-6H3/p+1. The summed E-state index contributed by atoms with van der Waals surface area (Å²) in [6.45, 7) is 7.86. The minimum absolute atomic E-state index is 0.00535. The van der Waals surface area contributed by atoms with Crippen LogP contribution in [-0.4, -0.2) is 56.3 Å². The number of hydrogen-bond donors (Lipinski definition) is 2. The van der Waals surface area contributed by atoms with Gasteiger partial charge in [0.2, 0.25) is 0 Å². The summed E-state index contributed by atoms with van der Waals surface area (Å²) >= 11 is 0. The van der Waals surface area contributed by atoms with Crippen molar-refractivity contribution in [3.63, 3.8) is 0 Å². The molecule has 1 aromatic rings. The van der Waals surface area contributed by atoms with Gasteiger partial charge in [-0.1, -0.05) is 26.8 Å². The van der Waals surface area contributed by atoms with E-state index < -0.39 is 0 Å². The first kappa shape index (κ1) is 20.5. The van der Waals surface area contributed by atoms with Gasteiger partial charge in [0.05, 0.1) is 34.3 Å². The second-order valence-electron chi connectivity index (χ2n) is 8.24. The molecule has 2 N–H and O–H groups in total. The van der Waals surface area contributed by atoms with Crippen LogP contribution in [0.5, 0.6) is 5.75 Å². The summed E-state index contributed by atoms with van der Waals surface area (Å²) in [5.74, 6) is 0.423. The first-order valence-corrected chi connectivity index (χ1v) is 8.47. The molecule has 0 aliphatic heterocycles. The number of carbonyl (C=O) groups is 1. The third kappa shape index (κ3) is 7.32. The van der Waals surface area contributed by atoms with Crippen molar-refractivity contribution >= 4 is 5.91 Å². The Morgan fingerprint density at radius 1 is 1.25 bits per heavy atom. The Morgan fingerprint density at radius 2 is 1.92 bits per heavy atom. The van der Waals surface area contributed by atoms with Crippen molar-refractivity contribution in [2.75, 3.05) is 40.8 Å². The molecule has 5 nitrogen and oxygen atoms in total. The van der Waals surface area contributed by atoms with Gasteiger partial charge < -0.3 is 19.6 Å². The van der Waals surface area contributed by atoms with Crippen molar-refractivity contribution < 1.29 is 19.1 Å². The molecule has 1 aromatic carbocycles. The van der Waals surface area contributed by atoms with E-state index in [4.69, 9.17) is 4.74 Å². The summed E-state index contributed by atoms with van der Waals surface area (Å²) in [4.78, 5) is 11.9. The SMILES string of the molecule is CC(C)(C)c1ccc(OCC(=O)NCCC[N+](C)(C)C)c(CO)c1. The molecular formula is C19H33N2O3+. The van der Waals surface area contributed by atoms with Gasteiger partial charge in [-0.15, -0.1) is 0 Å². The topological polar surface area (TPSA) is 58.6 Å². The molecule has 5 heteroatoms. The van der Waals surface area contributed by atoms with Gasteiger partial charge in [0.25, 0.3) is 5.91 Å². The molecule has 1 rings (SSSR count). The Kier molecular flexibility index (Phi) is 7.24. The number of nitrogens with zero attached hydrogens (tertiary/aromatic N) is 1. The molecule has 0 aliphatic rings. The Labute approximate surface area is 146 Å². The fraction of sp³-hybridized carbons (Fsp3) is 0.632. The number of aliphatic hydroxyl groups excluding tert-OH is 1. The van der Waals surface area contributed by atoms with Crippen LogP contribution < -0.4 is 10.1 Å². The van der Waals surface area contributed by atoms with E-state index in [2.05, 4.69) is 47.2 Å². The van der Waals surface area contributed by atoms with Gasteiger partial charge in [-0.05, 0) is 23.1 Å². The molecule has 0 fully saturated rings. The largest absolute Gasteiger partial charge is 0.483 e. The zero-order chi connectivity index (χ0) is 18.4. The molecule has 0 heterocycles. The predicted molar refractivity (Wildman–Crippen MR) is 97.1 cm³/mol. The molecule has 0 bridgehead atoms. The average molecular weight is 337 g/mol. The lowest BCUT2D eigenvalue weighted by atomic mass is 9.86. The molecule has 0 unspecified atom stereocenters. The molecule has 0 radical (unpaired) electrons. The maximum Gasteiger partial charge on any atom is 0.257 e. The van der Waals surface area contributed by atoms with Crippen molar-refractivity contribution in [2.24, 2.45) is 0 Å². The number of benzene rings is 1. The fourth-order valence-electron chi connectivity index (χ4n) is 2.29. The Morgan fingerprint density at radius 3 is 2.46 bits per heavy atom. The third-order valence-corrected chi connectivity index (χ3v) is 3.78. The monoisotopic (exact) mass is 337 g/mol. The first-order chi connectivity index (χ1) is 11.0. The number of quaternary nitrogens is 1. The van der Waals surface area contributed by atoms with Crippen LogP contribution in [0.2, 0.25) is 0 Å². The lowest BCUT2D eigenvalue weighted by Crippen LogP contribution is -2.38. The van der Waals surface area contributed by atoms with Crippen LogP contribution in [0.3, 0.4) is 0 Å². The van der Waals surface area contributed by atoms with Crippen molar-refractivity contribution in [1.29, 1.82) is 0 Å². The van der Waals surface area contributed by atoms with Crippen molar-refractivity contribution in [3.05, 3.63) is 29.3 Å². The summed E-state index contributed by atoms with van der Waals surface area (Å²) in [5.41, 5.74) is 1.84. The number of nitrogens with one attached hydrogen (secondary N) is 1. The van der Waals surface area contributed by atoms with E-state index in [1.165, 1.54) is 0 Å². The lowest BCUT2D eigenvalue weighted by Gasteiger charge is -2.23. The normalized spacial score (nSPS) is 12.1. The Balaban J connectivity index is 2.50. The summed E-state index contributed by atoms with van der Waals surface area (Å²) in [6, 6.07) is 5.75. The van der Waals surface area contributed by atoms with Gasteiger partial charge >= 0.3 is 0 Å². The van der Waals surface area contributed by atoms with E-state index in [-0.39, 0.29) is 24.5 Å². The zero-order valence-corrected chi connectivity index (χ0v) is 16.0. The van der Waals surface area contributed by atoms with Gasteiger partial charge in [0.1, 0.15) is 5.75 Å². The molecule has 1 amide bonds. The summed E-state index contributed by atoms with van der Waals surface area (Å²) in [5, 5.41) is 12.4. The number of aliphatic hydroxyl groups is 1. The molecule has 0 spiro atoms. The van der Waals surface area contributed by atoms with E-state index in [0.717, 1.165) is 23.0 Å². The van der Waals surface area contributed by atoms with Gasteiger partial charge in [0, 0.05) is 18.5 Å². The number of ether oxygens (including phenoxy) is 1. The summed E-state index contributed by atoms with van der Waals surface area (Å²) < 4.78 is 6.46. The lowest BCUT2D eigenvalue weighted by molar-refractivity contribution is -0.870. The van der Waals surface area contributed by atoms with Crippen molar-refractivity contribution in [1.82, 2.24) is 5.32 Å². The maximum atomic E-state index is 11.9. The minimum Gasteiger partial charge on any atom is -0.483 e. The summed E-state index contributed by atoms with van der Waals surface area (Å²) in [6.07, 6.45) is 0.928. The number of hydrogen-bond acceptors (Lipinski definition) is 3. The van der Waals surface area contributed by atoms with Crippen LogP contribution in [0.25, 0.3) is 0 Å². The highest BCUT2D eigenvalue weighted by Gasteiger charge is 2.16. The average Bonchev–Trinajstić information content (AvgIpc) is 2.47. The molecule has 0 saturated carbocycles. The molecule has 0 saturated heterocycles. The molecule has 0 aliphatic carbocycles. The van der Waals surface area contributed by atoms with Gasteiger partial charge in [-0.2, -0.15) is 0 Å². The van der Waals surface area contributed by atoms with E-state index in [1.807, 2.05) is 18.2 Å². The zero-order valence-electron chi connectivity index (χ0n) is 16.0. The maximum absolute atomic E-state index is 11.9. The molecule has 136 valence electrons. The number of amides is 1. The fourth-order valence-corrected chi connectivity index (χ4v) is 2.29. The van der Waals surface area contributed by atoms with E-state index in [1.54, 1.807) is 0 Å². The smallest absolute Gasteiger partial charge is 0.257 e. The van der Waals surface area contributed by atoms with E-state index in [0.29, 0.717) is 17.9 Å². The third-order valence-electron chi connectivity index (χ3n) is 3.78. The van der Waals surface area contributed by atoms with Gasteiger partial charge in [-0.25, -0.2) is 0 Å². The Hall–Kier alpha value is -1.59. The first-order valence-electron chi connectivity index (χ1n) is 8.47. The van der Waals surface area contributed by atoms with Crippen LogP contribution in [0.15, 0.2) is 18.2 Å². The number of carbonyl (C=O) groups excluding carboxylic acids is 1. The molecule has 0 atom stereocenters. The highest BCUT2D eigenvalue weighted by atomic mass is 16.5. The predicted octanol–water partition coefficient (Wildman–Crippen LogP) is 2.07. The van der Waals surface area contributed by atoms with E-state index >= 15 is 0 Å². The van der Waals surface area contributed by atoms with Gasteiger partial charge in [0.15, 0.2) is 6.61 Å². The van der Waals surface area contributed by atoms with Crippen LogP contribution in [0.4, 0.5) is 0 Å². The van der Waals surface area contributed by atoms with Crippen LogP contribution >= 0.6 is 0 Å². The molecular weight excluding hydrogens is 304 g/mol. The Bertz CT molecular complexity index is 543. The molecule has 0 aromatic heterocycles.